The van der Waals surface area contributed by atoms with Gasteiger partial charge in [0.1, 0.15) is 18.5 Å². The maximum absolute atomic E-state index is 11.9. The van der Waals surface area contributed by atoms with Gasteiger partial charge in [-0.25, -0.2) is 0 Å². The van der Waals surface area contributed by atoms with E-state index in [2.05, 4.69) is 0 Å². The molecule has 0 saturated carbocycles. The molecular weight excluding hydrogens is 328 g/mol. The summed E-state index contributed by atoms with van der Waals surface area (Å²) in [5.41, 5.74) is 0.623. The molecule has 0 N–H and O–H groups in total. The van der Waals surface area contributed by atoms with Crippen LogP contribution >= 0.6 is 0 Å². The molecule has 25 heavy (non-hydrogen) atoms. The van der Waals surface area contributed by atoms with Gasteiger partial charge < -0.3 is 23.7 Å². The smallest absolute Gasteiger partial charge is 0.323 e. The number of ether oxygens (including phenoxy) is 4. The quantitative estimate of drug-likeness (QED) is 0.342. The SMILES string of the molecule is CCOC(=O)C(COc1cccc(C(C=O)OCC)c1)C(=O)OCC. The third-order valence-corrected chi connectivity index (χ3v) is 3.22. The summed E-state index contributed by atoms with van der Waals surface area (Å²) in [7, 11) is 0. The zero-order valence-corrected chi connectivity index (χ0v) is 14.7. The van der Waals surface area contributed by atoms with E-state index >= 15 is 0 Å². The van der Waals surface area contributed by atoms with E-state index in [9.17, 15) is 14.4 Å². The van der Waals surface area contributed by atoms with E-state index in [0.717, 1.165) is 0 Å². The molecule has 138 valence electrons. The summed E-state index contributed by atoms with van der Waals surface area (Å²) in [6, 6.07) is 6.71. The second kappa shape index (κ2) is 11.2. The van der Waals surface area contributed by atoms with Crippen molar-refractivity contribution in [3.63, 3.8) is 0 Å². The van der Waals surface area contributed by atoms with E-state index in [-0.39, 0.29) is 19.8 Å². The van der Waals surface area contributed by atoms with Crippen molar-refractivity contribution in [3.8, 4) is 5.75 Å². The van der Waals surface area contributed by atoms with Crippen LogP contribution in [-0.4, -0.2) is 44.7 Å². The average molecular weight is 352 g/mol. The normalized spacial score (nSPS) is 11.7. The van der Waals surface area contributed by atoms with Gasteiger partial charge in [-0.2, -0.15) is 0 Å². The number of carbonyl (C=O) groups excluding carboxylic acids is 3. The minimum atomic E-state index is -1.17. The first-order chi connectivity index (χ1) is 12.1. The summed E-state index contributed by atoms with van der Waals surface area (Å²) in [6.07, 6.45) is 0.00213. The number of aldehydes is 1. The molecule has 0 aliphatic rings. The van der Waals surface area contributed by atoms with E-state index in [4.69, 9.17) is 18.9 Å². The van der Waals surface area contributed by atoms with E-state index in [1.54, 1.807) is 45.0 Å². The van der Waals surface area contributed by atoms with Crippen LogP contribution in [0.15, 0.2) is 24.3 Å². The Hall–Kier alpha value is -2.41. The Morgan fingerprint density at radius 3 is 2.20 bits per heavy atom. The Bertz CT molecular complexity index is 552. The van der Waals surface area contributed by atoms with Gasteiger partial charge in [0.25, 0.3) is 0 Å². The lowest BCUT2D eigenvalue weighted by molar-refractivity contribution is -0.163. The van der Waals surface area contributed by atoms with Gasteiger partial charge in [0.05, 0.1) is 13.2 Å². The van der Waals surface area contributed by atoms with Crippen LogP contribution in [0.25, 0.3) is 0 Å². The second-order valence-corrected chi connectivity index (χ2v) is 4.95. The molecule has 1 unspecified atom stereocenters. The Morgan fingerprint density at radius 2 is 1.68 bits per heavy atom. The van der Waals surface area contributed by atoms with Crippen molar-refractivity contribution in [2.45, 2.75) is 26.9 Å². The van der Waals surface area contributed by atoms with Gasteiger partial charge in [-0.05, 0) is 38.5 Å². The van der Waals surface area contributed by atoms with Crippen LogP contribution < -0.4 is 4.74 Å². The van der Waals surface area contributed by atoms with Gasteiger partial charge in [0.15, 0.2) is 12.2 Å². The Morgan fingerprint density at radius 1 is 1.04 bits per heavy atom. The molecule has 7 heteroatoms. The molecule has 1 aromatic rings. The predicted octanol–water partition coefficient (Wildman–Crippen LogP) is 2.08. The van der Waals surface area contributed by atoms with Crippen molar-refractivity contribution in [1.29, 1.82) is 0 Å². The zero-order chi connectivity index (χ0) is 18.7. The fraction of sp³-hybridized carbons (Fsp3) is 0.500. The van der Waals surface area contributed by atoms with Crippen molar-refractivity contribution in [2.75, 3.05) is 26.4 Å². The van der Waals surface area contributed by atoms with E-state index < -0.39 is 24.0 Å². The third kappa shape index (κ3) is 6.54. The van der Waals surface area contributed by atoms with Crippen molar-refractivity contribution >= 4 is 18.2 Å². The van der Waals surface area contributed by atoms with Crippen LogP contribution in [0.5, 0.6) is 5.75 Å². The maximum atomic E-state index is 11.9. The summed E-state index contributed by atoms with van der Waals surface area (Å²) in [5, 5.41) is 0. The summed E-state index contributed by atoms with van der Waals surface area (Å²) in [6.45, 7) is 5.57. The number of hydrogen-bond donors (Lipinski definition) is 0. The number of esters is 2. The van der Waals surface area contributed by atoms with Gasteiger partial charge >= 0.3 is 11.9 Å². The highest BCUT2D eigenvalue weighted by molar-refractivity contribution is 5.95. The minimum Gasteiger partial charge on any atom is -0.492 e. The molecular formula is C18H24O7. The highest BCUT2D eigenvalue weighted by Crippen LogP contribution is 2.21. The van der Waals surface area contributed by atoms with E-state index in [1.807, 2.05) is 0 Å². The molecule has 0 heterocycles. The monoisotopic (exact) mass is 352 g/mol. The lowest BCUT2D eigenvalue weighted by Crippen LogP contribution is -2.33. The van der Waals surface area contributed by atoms with E-state index in [1.165, 1.54) is 0 Å². The second-order valence-electron chi connectivity index (χ2n) is 4.95. The molecule has 0 bridgehead atoms. The van der Waals surface area contributed by atoms with Gasteiger partial charge in [-0.1, -0.05) is 12.1 Å². The fourth-order valence-electron chi connectivity index (χ4n) is 2.07. The molecule has 0 aromatic heterocycles. The topological polar surface area (TPSA) is 88.1 Å². The average Bonchev–Trinajstić information content (AvgIpc) is 2.60. The summed E-state index contributed by atoms with van der Waals surface area (Å²) in [4.78, 5) is 34.9. The summed E-state index contributed by atoms with van der Waals surface area (Å²) in [5.74, 6) is -2.16. The van der Waals surface area contributed by atoms with Crippen LogP contribution in [0.4, 0.5) is 0 Å². The molecule has 0 aliphatic heterocycles. The van der Waals surface area contributed by atoms with Gasteiger partial charge in [0.2, 0.25) is 0 Å². The van der Waals surface area contributed by atoms with Gasteiger partial charge in [0, 0.05) is 6.61 Å². The van der Waals surface area contributed by atoms with Gasteiger partial charge in [-0.3, -0.25) is 9.59 Å². The van der Waals surface area contributed by atoms with Crippen molar-refractivity contribution < 1.29 is 33.3 Å². The van der Waals surface area contributed by atoms with Crippen LogP contribution in [0.1, 0.15) is 32.4 Å². The molecule has 0 amide bonds. The van der Waals surface area contributed by atoms with Crippen molar-refractivity contribution in [2.24, 2.45) is 5.92 Å². The molecule has 1 atom stereocenters. The molecule has 0 radical (unpaired) electrons. The molecule has 1 rings (SSSR count). The Labute approximate surface area is 147 Å². The Kier molecular flexibility index (Phi) is 9.24. The molecule has 0 saturated heterocycles. The van der Waals surface area contributed by atoms with Crippen molar-refractivity contribution in [3.05, 3.63) is 29.8 Å². The lowest BCUT2D eigenvalue weighted by atomic mass is 10.1. The third-order valence-electron chi connectivity index (χ3n) is 3.22. The number of hydrogen-bond acceptors (Lipinski definition) is 7. The lowest BCUT2D eigenvalue weighted by Gasteiger charge is -2.16. The molecule has 0 aliphatic carbocycles. The van der Waals surface area contributed by atoms with Gasteiger partial charge in [-0.15, -0.1) is 0 Å². The van der Waals surface area contributed by atoms with Crippen LogP contribution in [0, 0.1) is 5.92 Å². The minimum absolute atomic E-state index is 0.152. The first-order valence-electron chi connectivity index (χ1n) is 8.20. The fourth-order valence-corrected chi connectivity index (χ4v) is 2.07. The number of rotatable bonds is 11. The van der Waals surface area contributed by atoms with Crippen LogP contribution in [0.2, 0.25) is 0 Å². The predicted molar refractivity (Wildman–Crippen MR) is 89.1 cm³/mol. The van der Waals surface area contributed by atoms with Crippen LogP contribution in [0.3, 0.4) is 0 Å². The molecule has 7 nitrogen and oxygen atoms in total. The number of carbonyl (C=O) groups is 3. The highest BCUT2D eigenvalue weighted by Gasteiger charge is 2.30. The number of benzene rings is 1. The first kappa shape index (κ1) is 20.6. The zero-order valence-electron chi connectivity index (χ0n) is 14.7. The molecule has 0 fully saturated rings. The van der Waals surface area contributed by atoms with E-state index in [0.29, 0.717) is 24.2 Å². The molecule has 0 spiro atoms. The van der Waals surface area contributed by atoms with Crippen molar-refractivity contribution in [1.82, 2.24) is 0 Å². The first-order valence-corrected chi connectivity index (χ1v) is 8.20. The summed E-state index contributed by atoms with van der Waals surface area (Å²) < 4.78 is 20.6. The Balaban J connectivity index is 2.83. The standard InChI is InChI=1S/C18H24O7/c1-4-22-16(11-19)13-8-7-9-14(10-13)25-12-15(17(20)23-5-2)18(21)24-6-3/h7-11,15-16H,4-6,12H2,1-3H3. The van der Waals surface area contributed by atoms with Crippen LogP contribution in [-0.2, 0) is 28.6 Å². The molecule has 1 aromatic carbocycles. The largest absolute Gasteiger partial charge is 0.492 e. The maximum Gasteiger partial charge on any atom is 0.323 e. The summed E-state index contributed by atoms with van der Waals surface area (Å²) >= 11 is 0. The highest BCUT2D eigenvalue weighted by atomic mass is 16.6.